The molecule has 2 aromatic carbocycles. The molecule has 5 nitrogen and oxygen atoms in total. The largest absolute Gasteiger partial charge is 0.311 e. The number of aryl methyl sites for hydroxylation is 2. The van der Waals surface area contributed by atoms with Gasteiger partial charge in [0.2, 0.25) is 0 Å². The molecule has 0 unspecified atom stereocenters. The van der Waals surface area contributed by atoms with E-state index in [1.807, 2.05) is 37.8 Å². The first-order chi connectivity index (χ1) is 13.6. The van der Waals surface area contributed by atoms with Crippen LogP contribution in [0.2, 0.25) is 0 Å². The van der Waals surface area contributed by atoms with E-state index in [1.165, 1.54) is 0 Å². The zero-order valence-electron chi connectivity index (χ0n) is 15.6. The molecule has 136 valence electrons. The summed E-state index contributed by atoms with van der Waals surface area (Å²) in [4.78, 5) is 16.5. The van der Waals surface area contributed by atoms with Crippen molar-refractivity contribution in [1.29, 1.82) is 0 Å². The van der Waals surface area contributed by atoms with Crippen molar-refractivity contribution in [1.82, 2.24) is 19.3 Å². The summed E-state index contributed by atoms with van der Waals surface area (Å²) in [6.45, 7) is 0. The minimum Gasteiger partial charge on any atom is -0.311 e. The number of hydrogen-bond acceptors (Lipinski definition) is 3. The third kappa shape index (κ3) is 2.60. The molecule has 0 amide bonds. The maximum Gasteiger partial charge on any atom is 0.250 e. The van der Waals surface area contributed by atoms with Crippen LogP contribution in [0.3, 0.4) is 0 Å². The fourth-order valence-electron chi connectivity index (χ4n) is 3.69. The van der Waals surface area contributed by atoms with Gasteiger partial charge in [0, 0.05) is 43.5 Å². The van der Waals surface area contributed by atoms with Crippen LogP contribution in [-0.4, -0.2) is 19.3 Å². The molecule has 28 heavy (non-hydrogen) atoms. The van der Waals surface area contributed by atoms with Crippen molar-refractivity contribution < 1.29 is 0 Å². The van der Waals surface area contributed by atoms with Crippen LogP contribution in [0, 0.1) is 0 Å². The van der Waals surface area contributed by atoms with E-state index in [0.717, 1.165) is 44.1 Å². The highest BCUT2D eigenvalue weighted by Gasteiger charge is 2.09. The predicted molar refractivity (Wildman–Crippen MR) is 112 cm³/mol. The Bertz CT molecular complexity index is 1410. The Morgan fingerprint density at radius 3 is 2.57 bits per heavy atom. The van der Waals surface area contributed by atoms with Crippen LogP contribution in [0.15, 0.2) is 78.0 Å². The van der Waals surface area contributed by atoms with E-state index in [0.29, 0.717) is 0 Å². The summed E-state index contributed by atoms with van der Waals surface area (Å²) in [7, 11) is 3.70. The van der Waals surface area contributed by atoms with Gasteiger partial charge in [-0.25, -0.2) is 0 Å². The van der Waals surface area contributed by atoms with Crippen LogP contribution in [0.25, 0.3) is 44.1 Å². The van der Waals surface area contributed by atoms with Crippen LogP contribution < -0.4 is 5.56 Å². The van der Waals surface area contributed by atoms with Gasteiger partial charge in [-0.2, -0.15) is 5.10 Å². The van der Waals surface area contributed by atoms with Gasteiger partial charge in [-0.05, 0) is 46.2 Å². The van der Waals surface area contributed by atoms with Crippen LogP contribution in [0.4, 0.5) is 0 Å². The van der Waals surface area contributed by atoms with Crippen molar-refractivity contribution in [2.45, 2.75) is 0 Å². The van der Waals surface area contributed by atoms with Gasteiger partial charge in [-0.15, -0.1) is 0 Å². The van der Waals surface area contributed by atoms with Gasteiger partial charge in [0.05, 0.1) is 17.4 Å². The van der Waals surface area contributed by atoms with E-state index in [4.69, 9.17) is 0 Å². The van der Waals surface area contributed by atoms with E-state index >= 15 is 0 Å². The van der Waals surface area contributed by atoms with Gasteiger partial charge in [0.1, 0.15) is 0 Å². The predicted octanol–water partition coefficient (Wildman–Crippen LogP) is 4.15. The Morgan fingerprint density at radius 2 is 1.75 bits per heavy atom. The molecule has 0 aliphatic carbocycles. The average Bonchev–Trinajstić information content (AvgIpc) is 3.16. The van der Waals surface area contributed by atoms with Crippen molar-refractivity contribution in [3.05, 3.63) is 83.5 Å². The number of hydrogen-bond donors (Lipinski definition) is 0. The lowest BCUT2D eigenvalue weighted by atomic mass is 9.97. The third-order valence-electron chi connectivity index (χ3n) is 5.20. The highest BCUT2D eigenvalue weighted by molar-refractivity contribution is 5.99. The molecule has 0 radical (unpaired) electrons. The fraction of sp³-hybridized carbons (Fsp3) is 0.0870. The maximum atomic E-state index is 11.9. The maximum absolute atomic E-state index is 11.9. The molecule has 0 spiro atoms. The van der Waals surface area contributed by atoms with Crippen LogP contribution in [0.1, 0.15) is 0 Å². The Hall–Kier alpha value is -3.73. The molecule has 0 saturated heterocycles. The Morgan fingerprint density at radius 1 is 0.857 bits per heavy atom. The van der Waals surface area contributed by atoms with Crippen molar-refractivity contribution in [3.8, 4) is 22.4 Å². The lowest BCUT2D eigenvalue weighted by Gasteiger charge is -2.10. The van der Waals surface area contributed by atoms with E-state index < -0.39 is 0 Å². The standard InChI is InChI=1S/C23H18N4O/c1-26-14-18(12-25-26)21-11-15-4-3-5-19(20(15)13-24-21)16-6-8-22-17(10-16)7-9-23(28)27(22)2/h3-14H,1-2H3. The summed E-state index contributed by atoms with van der Waals surface area (Å²) >= 11 is 0. The van der Waals surface area contributed by atoms with Crippen molar-refractivity contribution in [2.24, 2.45) is 14.1 Å². The zero-order chi connectivity index (χ0) is 19.3. The first-order valence-corrected chi connectivity index (χ1v) is 9.08. The molecular formula is C23H18N4O. The molecule has 0 aliphatic heterocycles. The number of rotatable bonds is 2. The highest BCUT2D eigenvalue weighted by Crippen LogP contribution is 2.31. The molecule has 3 aromatic heterocycles. The lowest BCUT2D eigenvalue weighted by molar-refractivity contribution is 0.768. The van der Waals surface area contributed by atoms with Gasteiger partial charge in [-0.3, -0.25) is 14.5 Å². The number of aromatic nitrogens is 4. The molecule has 0 bridgehead atoms. The molecule has 0 N–H and O–H groups in total. The van der Waals surface area contributed by atoms with Gasteiger partial charge in [-0.1, -0.05) is 24.3 Å². The number of fused-ring (bicyclic) bond motifs is 2. The third-order valence-corrected chi connectivity index (χ3v) is 5.20. The summed E-state index contributed by atoms with van der Waals surface area (Å²) in [5, 5.41) is 7.50. The smallest absolute Gasteiger partial charge is 0.250 e. The lowest BCUT2D eigenvalue weighted by Crippen LogP contribution is -2.14. The molecule has 0 aliphatic rings. The molecule has 5 aromatic rings. The highest BCUT2D eigenvalue weighted by atomic mass is 16.1. The molecule has 3 heterocycles. The number of benzene rings is 2. The van der Waals surface area contributed by atoms with Gasteiger partial charge in [0.15, 0.2) is 0 Å². The molecule has 0 atom stereocenters. The zero-order valence-corrected chi connectivity index (χ0v) is 15.6. The molecule has 0 saturated carbocycles. The SMILES string of the molecule is Cn1cc(-c2cc3cccc(-c4ccc5c(ccc(=O)n5C)c4)c3cn2)cn1. The minimum absolute atomic E-state index is 0.00228. The second kappa shape index (κ2) is 6.16. The van der Waals surface area contributed by atoms with E-state index in [2.05, 4.69) is 46.5 Å². The van der Waals surface area contributed by atoms with Crippen molar-refractivity contribution >= 4 is 21.7 Å². The quantitative estimate of drug-likeness (QED) is 0.471. The van der Waals surface area contributed by atoms with Gasteiger partial charge >= 0.3 is 0 Å². The average molecular weight is 366 g/mol. The summed E-state index contributed by atoms with van der Waals surface area (Å²) in [6, 6.07) is 18.0. The van der Waals surface area contributed by atoms with E-state index in [9.17, 15) is 4.79 Å². The summed E-state index contributed by atoms with van der Waals surface area (Å²) in [5.41, 5.74) is 5.06. The monoisotopic (exact) mass is 366 g/mol. The van der Waals surface area contributed by atoms with Crippen molar-refractivity contribution in [2.75, 3.05) is 0 Å². The Kier molecular flexibility index (Phi) is 3.62. The first kappa shape index (κ1) is 16.4. The van der Waals surface area contributed by atoms with Crippen LogP contribution in [-0.2, 0) is 14.1 Å². The number of nitrogens with zero attached hydrogens (tertiary/aromatic N) is 4. The minimum atomic E-state index is -0.00228. The van der Waals surface area contributed by atoms with Crippen LogP contribution >= 0.6 is 0 Å². The Balaban J connectivity index is 1.67. The first-order valence-electron chi connectivity index (χ1n) is 9.08. The summed E-state index contributed by atoms with van der Waals surface area (Å²) in [5.74, 6) is 0. The van der Waals surface area contributed by atoms with Gasteiger partial charge < -0.3 is 4.57 Å². The second-order valence-corrected chi connectivity index (χ2v) is 7.00. The topological polar surface area (TPSA) is 52.7 Å². The van der Waals surface area contributed by atoms with Crippen LogP contribution in [0.5, 0.6) is 0 Å². The Labute approximate surface area is 161 Å². The van der Waals surface area contributed by atoms with Gasteiger partial charge in [0.25, 0.3) is 5.56 Å². The molecule has 0 fully saturated rings. The van der Waals surface area contributed by atoms with E-state index in [1.54, 1.807) is 22.4 Å². The second-order valence-electron chi connectivity index (χ2n) is 7.00. The normalized spacial score (nSPS) is 11.4. The molecular weight excluding hydrogens is 348 g/mol. The number of pyridine rings is 2. The molecule has 5 rings (SSSR count). The van der Waals surface area contributed by atoms with E-state index in [-0.39, 0.29) is 5.56 Å². The molecule has 5 heteroatoms. The fourth-order valence-corrected chi connectivity index (χ4v) is 3.69. The summed E-state index contributed by atoms with van der Waals surface area (Å²) < 4.78 is 3.45. The van der Waals surface area contributed by atoms with Crippen molar-refractivity contribution in [3.63, 3.8) is 0 Å². The summed E-state index contributed by atoms with van der Waals surface area (Å²) in [6.07, 6.45) is 5.72.